The number of carbonyl (C=O) groups excluding carboxylic acids is 2. The number of rotatable bonds is 5. The summed E-state index contributed by atoms with van der Waals surface area (Å²) in [6.45, 7) is 2.17. The van der Waals surface area contributed by atoms with Gasteiger partial charge in [-0.05, 0) is 36.8 Å². The van der Waals surface area contributed by atoms with Gasteiger partial charge in [-0.25, -0.2) is 4.39 Å². The molecule has 0 saturated carbocycles. The van der Waals surface area contributed by atoms with Gasteiger partial charge in [-0.1, -0.05) is 60.2 Å². The van der Waals surface area contributed by atoms with E-state index in [1.807, 2.05) is 31.2 Å². The first-order chi connectivity index (χ1) is 15.0. The molecule has 0 spiro atoms. The third-order valence-electron chi connectivity index (χ3n) is 4.94. The minimum atomic E-state index is -0.507. The van der Waals surface area contributed by atoms with Crippen LogP contribution in [-0.2, 0) is 16.1 Å². The summed E-state index contributed by atoms with van der Waals surface area (Å²) in [6.07, 6.45) is 1.35. The number of hydrogen-bond acceptors (Lipinski definition) is 3. The lowest BCUT2D eigenvalue weighted by Gasteiger charge is -2.30. The third-order valence-corrected chi connectivity index (χ3v) is 4.94. The Balaban J connectivity index is 1.55. The standard InChI is InChI=1S/C25H21FN2O3/c1-17-10-12-18(13-11-17)15-27-24(29)16-28-21-8-4-5-9-22(21)31-23(25(28)30)14-19-6-2-3-7-20(19)26/h2-14H,15-16H2,1H3,(H,27,29)/b23-14-. The molecule has 0 atom stereocenters. The van der Waals surface area contributed by atoms with Gasteiger partial charge in [0.05, 0.1) is 5.69 Å². The van der Waals surface area contributed by atoms with E-state index >= 15 is 0 Å². The summed E-state index contributed by atoms with van der Waals surface area (Å²) in [7, 11) is 0. The average molecular weight is 416 g/mol. The van der Waals surface area contributed by atoms with Crippen molar-refractivity contribution in [3.8, 4) is 5.75 Å². The SMILES string of the molecule is Cc1ccc(CNC(=O)CN2C(=O)/C(=C/c3ccccc3F)Oc3ccccc32)cc1. The molecule has 1 heterocycles. The molecule has 0 radical (unpaired) electrons. The summed E-state index contributed by atoms with van der Waals surface area (Å²) in [5, 5.41) is 2.84. The van der Waals surface area contributed by atoms with E-state index in [9.17, 15) is 14.0 Å². The van der Waals surface area contributed by atoms with Crippen molar-refractivity contribution in [1.29, 1.82) is 0 Å². The maximum atomic E-state index is 14.1. The number of aryl methyl sites for hydroxylation is 1. The monoisotopic (exact) mass is 416 g/mol. The number of para-hydroxylation sites is 2. The molecule has 1 aliphatic rings. The van der Waals surface area contributed by atoms with E-state index in [4.69, 9.17) is 4.74 Å². The van der Waals surface area contributed by atoms with Gasteiger partial charge in [0.15, 0.2) is 11.5 Å². The maximum Gasteiger partial charge on any atom is 0.294 e. The fourth-order valence-corrected chi connectivity index (χ4v) is 3.26. The second-order valence-electron chi connectivity index (χ2n) is 7.25. The molecule has 0 fully saturated rings. The lowest BCUT2D eigenvalue weighted by Crippen LogP contribution is -2.44. The van der Waals surface area contributed by atoms with Crippen molar-refractivity contribution in [2.45, 2.75) is 13.5 Å². The summed E-state index contributed by atoms with van der Waals surface area (Å²) in [5.41, 5.74) is 2.82. The van der Waals surface area contributed by atoms with Crippen LogP contribution in [0, 0.1) is 12.7 Å². The Morgan fingerprint density at radius 3 is 2.52 bits per heavy atom. The largest absolute Gasteiger partial charge is 0.449 e. The van der Waals surface area contributed by atoms with E-state index in [-0.39, 0.29) is 23.8 Å². The Morgan fingerprint density at radius 1 is 1.03 bits per heavy atom. The molecule has 0 saturated heterocycles. The zero-order valence-electron chi connectivity index (χ0n) is 17.0. The van der Waals surface area contributed by atoms with Crippen LogP contribution in [0.2, 0.25) is 0 Å². The maximum absolute atomic E-state index is 14.1. The van der Waals surface area contributed by atoms with Crippen LogP contribution in [0.3, 0.4) is 0 Å². The van der Waals surface area contributed by atoms with Gasteiger partial charge in [-0.15, -0.1) is 0 Å². The van der Waals surface area contributed by atoms with Crippen LogP contribution in [0.5, 0.6) is 5.75 Å². The molecular weight excluding hydrogens is 395 g/mol. The number of carbonyl (C=O) groups is 2. The molecule has 0 bridgehead atoms. The van der Waals surface area contributed by atoms with Crippen molar-refractivity contribution >= 4 is 23.6 Å². The molecule has 3 aromatic carbocycles. The van der Waals surface area contributed by atoms with Crippen LogP contribution in [-0.4, -0.2) is 18.4 Å². The fourth-order valence-electron chi connectivity index (χ4n) is 3.26. The predicted octanol–water partition coefficient (Wildman–Crippen LogP) is 4.22. The van der Waals surface area contributed by atoms with E-state index in [1.165, 1.54) is 17.0 Å². The normalized spacial score (nSPS) is 14.2. The summed E-state index contributed by atoms with van der Waals surface area (Å²) < 4.78 is 19.8. The number of ether oxygens (including phenoxy) is 1. The van der Waals surface area contributed by atoms with Gasteiger partial charge >= 0.3 is 0 Å². The molecule has 0 aromatic heterocycles. The number of anilines is 1. The molecule has 3 aromatic rings. The van der Waals surface area contributed by atoms with Crippen LogP contribution in [0.4, 0.5) is 10.1 Å². The lowest BCUT2D eigenvalue weighted by molar-refractivity contribution is -0.123. The quantitative estimate of drug-likeness (QED) is 0.634. The summed E-state index contributed by atoms with van der Waals surface area (Å²) in [4.78, 5) is 27.0. The average Bonchev–Trinajstić information content (AvgIpc) is 2.77. The minimum absolute atomic E-state index is 0.0462. The first kappa shape index (κ1) is 20.3. The second-order valence-corrected chi connectivity index (χ2v) is 7.25. The highest BCUT2D eigenvalue weighted by Gasteiger charge is 2.31. The van der Waals surface area contributed by atoms with Gasteiger partial charge in [0.25, 0.3) is 5.91 Å². The van der Waals surface area contributed by atoms with Crippen molar-refractivity contribution in [2.24, 2.45) is 0 Å². The molecule has 0 aliphatic carbocycles. The van der Waals surface area contributed by atoms with Crippen molar-refractivity contribution in [2.75, 3.05) is 11.4 Å². The number of nitrogens with one attached hydrogen (secondary N) is 1. The highest BCUT2D eigenvalue weighted by molar-refractivity contribution is 6.12. The zero-order chi connectivity index (χ0) is 21.8. The Bertz CT molecular complexity index is 1160. The number of benzene rings is 3. The number of halogens is 1. The molecule has 2 amide bonds. The molecule has 0 unspecified atom stereocenters. The number of amides is 2. The van der Waals surface area contributed by atoms with Crippen LogP contribution in [0.25, 0.3) is 6.08 Å². The number of nitrogens with zero attached hydrogens (tertiary/aromatic N) is 1. The topological polar surface area (TPSA) is 58.6 Å². The van der Waals surface area contributed by atoms with Gasteiger partial charge in [-0.2, -0.15) is 0 Å². The van der Waals surface area contributed by atoms with Crippen molar-refractivity contribution in [3.63, 3.8) is 0 Å². The highest BCUT2D eigenvalue weighted by Crippen LogP contribution is 2.35. The Kier molecular flexibility index (Phi) is 5.80. The number of hydrogen-bond donors (Lipinski definition) is 1. The summed E-state index contributed by atoms with van der Waals surface area (Å²) in [5.74, 6) is -0.901. The van der Waals surface area contributed by atoms with E-state index in [1.54, 1.807) is 42.5 Å². The van der Waals surface area contributed by atoms with Crippen LogP contribution in [0.15, 0.2) is 78.6 Å². The lowest BCUT2D eigenvalue weighted by atomic mass is 10.1. The van der Waals surface area contributed by atoms with Gasteiger partial charge in [0, 0.05) is 12.1 Å². The van der Waals surface area contributed by atoms with E-state index < -0.39 is 11.7 Å². The predicted molar refractivity (Wildman–Crippen MR) is 117 cm³/mol. The van der Waals surface area contributed by atoms with E-state index in [0.29, 0.717) is 18.0 Å². The van der Waals surface area contributed by atoms with Gasteiger partial charge in [0.2, 0.25) is 5.91 Å². The summed E-state index contributed by atoms with van der Waals surface area (Å²) >= 11 is 0. The fraction of sp³-hybridized carbons (Fsp3) is 0.120. The smallest absolute Gasteiger partial charge is 0.294 e. The Labute approximate surface area is 179 Å². The highest BCUT2D eigenvalue weighted by atomic mass is 19.1. The zero-order valence-corrected chi connectivity index (χ0v) is 17.0. The van der Waals surface area contributed by atoms with Crippen LogP contribution >= 0.6 is 0 Å². The van der Waals surface area contributed by atoms with Crippen molar-refractivity contribution in [1.82, 2.24) is 5.32 Å². The molecule has 6 heteroatoms. The Hall–Kier alpha value is -3.93. The Morgan fingerprint density at radius 2 is 1.74 bits per heavy atom. The van der Waals surface area contributed by atoms with Crippen molar-refractivity contribution < 1.29 is 18.7 Å². The molecule has 1 N–H and O–H groups in total. The number of fused-ring (bicyclic) bond motifs is 1. The van der Waals surface area contributed by atoms with Crippen LogP contribution < -0.4 is 15.0 Å². The van der Waals surface area contributed by atoms with E-state index in [0.717, 1.165) is 11.1 Å². The van der Waals surface area contributed by atoms with Gasteiger partial charge in [-0.3, -0.25) is 14.5 Å². The first-order valence-electron chi connectivity index (χ1n) is 9.88. The third kappa shape index (κ3) is 4.64. The first-order valence-corrected chi connectivity index (χ1v) is 9.88. The molecule has 156 valence electrons. The molecule has 5 nitrogen and oxygen atoms in total. The minimum Gasteiger partial charge on any atom is -0.449 e. The second kappa shape index (κ2) is 8.83. The van der Waals surface area contributed by atoms with Crippen LogP contribution in [0.1, 0.15) is 16.7 Å². The molecule has 4 rings (SSSR count). The molecule has 31 heavy (non-hydrogen) atoms. The van der Waals surface area contributed by atoms with Gasteiger partial charge < -0.3 is 10.1 Å². The molecular formula is C25H21FN2O3. The van der Waals surface area contributed by atoms with Crippen molar-refractivity contribution in [3.05, 3.63) is 101 Å². The molecule has 1 aliphatic heterocycles. The van der Waals surface area contributed by atoms with Gasteiger partial charge in [0.1, 0.15) is 12.4 Å². The van der Waals surface area contributed by atoms with E-state index in [2.05, 4.69) is 5.32 Å². The summed E-state index contributed by atoms with van der Waals surface area (Å²) in [6, 6.07) is 20.9.